The monoisotopic (exact) mass is 408 g/mol. The Bertz CT molecular complexity index is 1030. The van der Waals surface area contributed by atoms with Crippen LogP contribution in [0.5, 0.6) is 0 Å². The Labute approximate surface area is 172 Å². The molecule has 3 aromatic carbocycles. The number of rotatable bonds is 8. The van der Waals surface area contributed by atoms with Crippen molar-refractivity contribution in [2.75, 3.05) is 16.4 Å². The summed E-state index contributed by atoms with van der Waals surface area (Å²) >= 11 is 1.39. The molecule has 3 N–H and O–H groups in total. The second kappa shape index (κ2) is 9.75. The fraction of sp³-hybridized carbons (Fsp3) is 0.136. The highest BCUT2D eigenvalue weighted by Gasteiger charge is 2.07. The quantitative estimate of drug-likeness (QED) is 0.481. The van der Waals surface area contributed by atoms with E-state index in [2.05, 4.69) is 10.6 Å². The van der Waals surface area contributed by atoms with E-state index in [0.29, 0.717) is 5.69 Å². The summed E-state index contributed by atoms with van der Waals surface area (Å²) in [6.45, 7) is 0. The maximum atomic E-state index is 12.2. The number of carbonyl (C=O) groups is 3. The molecule has 3 rings (SSSR count). The van der Waals surface area contributed by atoms with Gasteiger partial charge in [0.1, 0.15) is 0 Å². The van der Waals surface area contributed by atoms with Gasteiger partial charge >= 0.3 is 5.97 Å². The normalized spacial score (nSPS) is 10.5. The molecule has 3 aromatic rings. The summed E-state index contributed by atoms with van der Waals surface area (Å²) in [7, 11) is 0. The van der Waals surface area contributed by atoms with Crippen molar-refractivity contribution < 1.29 is 19.5 Å². The van der Waals surface area contributed by atoms with Crippen molar-refractivity contribution in [2.24, 2.45) is 0 Å². The molecule has 0 spiro atoms. The van der Waals surface area contributed by atoms with Gasteiger partial charge < -0.3 is 15.7 Å². The molecule has 6 nitrogen and oxygen atoms in total. The van der Waals surface area contributed by atoms with Gasteiger partial charge in [0.05, 0.1) is 12.2 Å². The van der Waals surface area contributed by atoms with Gasteiger partial charge in [0.25, 0.3) is 0 Å². The Morgan fingerprint density at radius 3 is 2.14 bits per heavy atom. The molecule has 0 aromatic heterocycles. The summed E-state index contributed by atoms with van der Waals surface area (Å²) in [5.74, 6) is -1.19. The van der Waals surface area contributed by atoms with Crippen LogP contribution in [0.25, 0.3) is 10.8 Å². The fourth-order valence-electron chi connectivity index (χ4n) is 2.69. The van der Waals surface area contributed by atoms with Crippen LogP contribution in [0.4, 0.5) is 11.4 Å². The molecular weight excluding hydrogens is 388 g/mol. The van der Waals surface area contributed by atoms with Crippen molar-refractivity contribution >= 4 is 51.7 Å². The summed E-state index contributed by atoms with van der Waals surface area (Å²) in [5.41, 5.74) is 1.35. The lowest BCUT2D eigenvalue weighted by atomic mass is 10.1. The minimum atomic E-state index is -1.01. The van der Waals surface area contributed by atoms with E-state index in [9.17, 15) is 14.4 Å². The molecule has 0 saturated carbocycles. The molecular formula is C22H20N2O4S. The molecule has 29 heavy (non-hydrogen) atoms. The van der Waals surface area contributed by atoms with Crippen molar-refractivity contribution in [1.29, 1.82) is 0 Å². The molecule has 148 valence electrons. The number of hydrogen-bond acceptors (Lipinski definition) is 4. The van der Waals surface area contributed by atoms with Crippen molar-refractivity contribution in [3.8, 4) is 0 Å². The van der Waals surface area contributed by atoms with Crippen LogP contribution in [0.15, 0.2) is 71.6 Å². The minimum Gasteiger partial charge on any atom is -0.481 e. The van der Waals surface area contributed by atoms with E-state index < -0.39 is 5.97 Å². The minimum absolute atomic E-state index is 0.0687. The third kappa shape index (κ3) is 6.36. The molecule has 0 aliphatic carbocycles. The number of benzene rings is 3. The lowest BCUT2D eigenvalue weighted by molar-refractivity contribution is -0.138. The Morgan fingerprint density at radius 2 is 1.41 bits per heavy atom. The molecule has 0 heterocycles. The number of nitrogens with one attached hydrogen (secondary N) is 2. The van der Waals surface area contributed by atoms with E-state index in [-0.39, 0.29) is 30.4 Å². The van der Waals surface area contributed by atoms with Gasteiger partial charge in [0.2, 0.25) is 11.8 Å². The summed E-state index contributed by atoms with van der Waals surface area (Å²) < 4.78 is 0. The number of amides is 2. The number of aliphatic carboxylic acids is 1. The third-order valence-electron chi connectivity index (χ3n) is 4.11. The van der Waals surface area contributed by atoms with Crippen LogP contribution in [-0.2, 0) is 14.4 Å². The van der Waals surface area contributed by atoms with E-state index in [1.54, 1.807) is 24.3 Å². The lowest BCUT2D eigenvalue weighted by Gasteiger charge is -2.08. The van der Waals surface area contributed by atoms with E-state index in [4.69, 9.17) is 5.11 Å². The molecule has 0 unspecified atom stereocenters. The highest BCUT2D eigenvalue weighted by atomic mass is 32.2. The van der Waals surface area contributed by atoms with Gasteiger partial charge in [-0.05, 0) is 47.2 Å². The first kappa shape index (κ1) is 20.4. The first-order chi connectivity index (χ1) is 14.0. The summed E-state index contributed by atoms with van der Waals surface area (Å²) in [4.78, 5) is 35.2. The zero-order valence-corrected chi connectivity index (χ0v) is 16.4. The molecule has 0 saturated heterocycles. The zero-order chi connectivity index (χ0) is 20.6. The lowest BCUT2D eigenvalue weighted by Crippen LogP contribution is -2.14. The second-order valence-electron chi connectivity index (χ2n) is 6.37. The first-order valence-electron chi connectivity index (χ1n) is 9.03. The predicted octanol–water partition coefficient (Wildman–Crippen LogP) is 4.37. The molecule has 2 amide bonds. The van der Waals surface area contributed by atoms with Crippen molar-refractivity contribution in [3.63, 3.8) is 0 Å². The Balaban J connectivity index is 1.48. The summed E-state index contributed by atoms with van der Waals surface area (Å²) in [5, 5.41) is 16.3. The standard InChI is InChI=1S/C22H20N2O4S/c25-20(11-12-22(27)28)23-17-7-9-19(10-8-17)29-14-21(26)24-18-6-5-15-3-1-2-4-16(15)13-18/h1-10,13H,11-12,14H2,(H,23,25)(H,24,26)(H,27,28). The van der Waals surface area contributed by atoms with Gasteiger partial charge in [0.15, 0.2) is 0 Å². The van der Waals surface area contributed by atoms with Gasteiger partial charge in [-0.25, -0.2) is 0 Å². The zero-order valence-electron chi connectivity index (χ0n) is 15.6. The van der Waals surface area contributed by atoms with E-state index >= 15 is 0 Å². The molecule has 7 heteroatoms. The third-order valence-corrected chi connectivity index (χ3v) is 5.12. The van der Waals surface area contributed by atoms with Gasteiger partial charge in [-0.15, -0.1) is 11.8 Å². The number of anilines is 2. The molecule has 0 radical (unpaired) electrons. The number of thioether (sulfide) groups is 1. The van der Waals surface area contributed by atoms with E-state index in [1.807, 2.05) is 42.5 Å². The van der Waals surface area contributed by atoms with Gasteiger partial charge in [-0.2, -0.15) is 0 Å². The van der Waals surface area contributed by atoms with Crippen molar-refractivity contribution in [2.45, 2.75) is 17.7 Å². The van der Waals surface area contributed by atoms with Crippen molar-refractivity contribution in [3.05, 3.63) is 66.7 Å². The molecule has 0 atom stereocenters. The Hall–Kier alpha value is -3.32. The molecule has 0 fully saturated rings. The summed E-state index contributed by atoms with van der Waals surface area (Å²) in [6.07, 6.45) is -0.271. The smallest absolute Gasteiger partial charge is 0.303 e. The van der Waals surface area contributed by atoms with Crippen LogP contribution in [0.2, 0.25) is 0 Å². The Morgan fingerprint density at radius 1 is 0.759 bits per heavy atom. The topological polar surface area (TPSA) is 95.5 Å². The number of carboxylic acid groups (broad SMARTS) is 1. The van der Waals surface area contributed by atoms with Crippen LogP contribution >= 0.6 is 11.8 Å². The first-order valence-corrected chi connectivity index (χ1v) is 10.0. The largest absolute Gasteiger partial charge is 0.481 e. The highest BCUT2D eigenvalue weighted by molar-refractivity contribution is 8.00. The fourth-order valence-corrected chi connectivity index (χ4v) is 3.39. The highest BCUT2D eigenvalue weighted by Crippen LogP contribution is 2.22. The number of carboxylic acids is 1. The predicted molar refractivity (Wildman–Crippen MR) is 115 cm³/mol. The molecule has 0 aliphatic rings. The van der Waals surface area contributed by atoms with E-state index in [1.165, 1.54) is 11.8 Å². The second-order valence-corrected chi connectivity index (χ2v) is 7.41. The van der Waals surface area contributed by atoms with E-state index in [0.717, 1.165) is 21.4 Å². The van der Waals surface area contributed by atoms with Gasteiger partial charge in [-0.3, -0.25) is 14.4 Å². The SMILES string of the molecule is O=C(O)CCC(=O)Nc1ccc(SCC(=O)Nc2ccc3ccccc3c2)cc1. The van der Waals surface area contributed by atoms with Crippen LogP contribution in [0, 0.1) is 0 Å². The number of fused-ring (bicyclic) bond motifs is 1. The number of hydrogen-bond donors (Lipinski definition) is 3. The van der Waals surface area contributed by atoms with Crippen molar-refractivity contribution in [1.82, 2.24) is 0 Å². The number of carbonyl (C=O) groups excluding carboxylic acids is 2. The van der Waals surface area contributed by atoms with Crippen LogP contribution in [0.3, 0.4) is 0 Å². The van der Waals surface area contributed by atoms with Crippen LogP contribution in [-0.4, -0.2) is 28.6 Å². The molecule has 0 aliphatic heterocycles. The van der Waals surface area contributed by atoms with Gasteiger partial charge in [0, 0.05) is 22.7 Å². The summed E-state index contributed by atoms with van der Waals surface area (Å²) in [6, 6.07) is 20.8. The van der Waals surface area contributed by atoms with Crippen LogP contribution in [0.1, 0.15) is 12.8 Å². The molecule has 0 bridgehead atoms. The van der Waals surface area contributed by atoms with Crippen LogP contribution < -0.4 is 10.6 Å². The maximum Gasteiger partial charge on any atom is 0.303 e. The average molecular weight is 408 g/mol. The Kier molecular flexibility index (Phi) is 6.86. The average Bonchev–Trinajstić information content (AvgIpc) is 2.72. The van der Waals surface area contributed by atoms with Gasteiger partial charge in [-0.1, -0.05) is 30.3 Å². The maximum absolute atomic E-state index is 12.2.